The quantitative estimate of drug-likeness (QED) is 0.786. The van der Waals surface area contributed by atoms with Crippen LogP contribution in [0.3, 0.4) is 0 Å². The molecular formula is C12H10F2N2O2. The van der Waals surface area contributed by atoms with E-state index < -0.39 is 11.6 Å². The van der Waals surface area contributed by atoms with Gasteiger partial charge in [0.15, 0.2) is 23.7 Å². The zero-order valence-corrected chi connectivity index (χ0v) is 9.78. The van der Waals surface area contributed by atoms with E-state index in [1.54, 1.807) is 7.05 Å². The van der Waals surface area contributed by atoms with Gasteiger partial charge in [-0.1, -0.05) is 0 Å². The maximum atomic E-state index is 13.8. The van der Waals surface area contributed by atoms with Crippen LogP contribution in [0.15, 0.2) is 18.3 Å². The van der Waals surface area contributed by atoms with E-state index in [2.05, 4.69) is 9.72 Å². The summed E-state index contributed by atoms with van der Waals surface area (Å²) in [4.78, 5) is 14.5. The number of imidazole rings is 1. The molecule has 4 nitrogen and oxygen atoms in total. The van der Waals surface area contributed by atoms with Gasteiger partial charge in [-0.25, -0.2) is 9.37 Å². The molecule has 0 spiro atoms. The molecule has 0 saturated carbocycles. The predicted molar refractivity (Wildman–Crippen MR) is 60.5 cm³/mol. The summed E-state index contributed by atoms with van der Waals surface area (Å²) < 4.78 is 33.5. The van der Waals surface area contributed by atoms with Crippen LogP contribution in [0, 0.1) is 11.6 Å². The van der Waals surface area contributed by atoms with Crippen molar-refractivity contribution in [3.05, 3.63) is 35.8 Å². The summed E-state index contributed by atoms with van der Waals surface area (Å²) in [6.07, 6.45) is 1.86. The fraction of sp³-hybridized carbons (Fsp3) is 0.167. The van der Waals surface area contributed by atoms with Gasteiger partial charge in [-0.05, 0) is 12.1 Å². The lowest BCUT2D eigenvalue weighted by atomic mass is 10.1. The second-order valence-electron chi connectivity index (χ2n) is 3.62. The van der Waals surface area contributed by atoms with Crippen molar-refractivity contribution in [1.82, 2.24) is 9.55 Å². The van der Waals surface area contributed by atoms with Crippen molar-refractivity contribution in [1.29, 1.82) is 0 Å². The normalized spacial score (nSPS) is 10.4. The van der Waals surface area contributed by atoms with Gasteiger partial charge in [0.1, 0.15) is 0 Å². The molecule has 0 N–H and O–H groups in total. The predicted octanol–water partition coefficient (Wildman–Crippen LogP) is 2.19. The molecule has 0 aliphatic heterocycles. The maximum Gasteiger partial charge on any atom is 0.201 e. The van der Waals surface area contributed by atoms with Gasteiger partial charge in [-0.15, -0.1) is 0 Å². The molecule has 0 aliphatic carbocycles. The molecule has 0 atom stereocenters. The third-order valence-corrected chi connectivity index (χ3v) is 2.67. The van der Waals surface area contributed by atoms with Crippen LogP contribution in [-0.2, 0) is 7.05 Å². The summed E-state index contributed by atoms with van der Waals surface area (Å²) in [5.74, 6) is -2.13. The van der Waals surface area contributed by atoms with Gasteiger partial charge >= 0.3 is 0 Å². The van der Waals surface area contributed by atoms with E-state index in [-0.39, 0.29) is 17.1 Å². The number of benzene rings is 1. The van der Waals surface area contributed by atoms with Crippen LogP contribution in [0.2, 0.25) is 0 Å². The van der Waals surface area contributed by atoms with Crippen molar-refractivity contribution >= 4 is 6.29 Å². The molecule has 1 aromatic heterocycles. The molecule has 0 fully saturated rings. The fourth-order valence-corrected chi connectivity index (χ4v) is 1.67. The number of hydrogen-bond acceptors (Lipinski definition) is 3. The monoisotopic (exact) mass is 252 g/mol. The zero-order chi connectivity index (χ0) is 13.3. The second-order valence-corrected chi connectivity index (χ2v) is 3.62. The van der Waals surface area contributed by atoms with Gasteiger partial charge in [0.05, 0.1) is 19.0 Å². The van der Waals surface area contributed by atoms with Crippen LogP contribution in [-0.4, -0.2) is 22.9 Å². The molecule has 0 bridgehead atoms. The molecular weight excluding hydrogens is 242 g/mol. The maximum absolute atomic E-state index is 13.8. The summed E-state index contributed by atoms with van der Waals surface area (Å²) in [5.41, 5.74) is 0.340. The van der Waals surface area contributed by atoms with Gasteiger partial charge < -0.3 is 9.30 Å². The smallest absolute Gasteiger partial charge is 0.201 e. The van der Waals surface area contributed by atoms with E-state index in [0.717, 1.165) is 0 Å². The van der Waals surface area contributed by atoms with E-state index in [0.29, 0.717) is 12.0 Å². The summed E-state index contributed by atoms with van der Waals surface area (Å²) in [6.45, 7) is 0. The van der Waals surface area contributed by atoms with Gasteiger partial charge in [-0.3, -0.25) is 4.79 Å². The molecule has 0 aliphatic rings. The minimum absolute atomic E-state index is 0.0244. The Hall–Kier alpha value is -2.24. The first-order valence-corrected chi connectivity index (χ1v) is 5.09. The van der Waals surface area contributed by atoms with Gasteiger partial charge in [0.25, 0.3) is 0 Å². The highest BCUT2D eigenvalue weighted by Gasteiger charge is 2.18. The molecule has 18 heavy (non-hydrogen) atoms. The zero-order valence-electron chi connectivity index (χ0n) is 9.78. The number of carbonyl (C=O) groups is 1. The second kappa shape index (κ2) is 4.56. The molecule has 0 radical (unpaired) electrons. The molecule has 1 heterocycles. The molecule has 6 heteroatoms. The number of carbonyl (C=O) groups excluding carboxylic acids is 1. The van der Waals surface area contributed by atoms with Crippen LogP contribution in [0.4, 0.5) is 8.78 Å². The number of halogens is 2. The number of aldehydes is 1. The Kier molecular flexibility index (Phi) is 3.10. The van der Waals surface area contributed by atoms with Crippen LogP contribution < -0.4 is 4.74 Å². The number of ether oxygens (including phenoxy) is 1. The number of rotatable bonds is 3. The average molecular weight is 252 g/mol. The van der Waals surface area contributed by atoms with Crippen LogP contribution in [0.5, 0.6) is 5.75 Å². The summed E-state index contributed by atoms with van der Waals surface area (Å²) in [6, 6.07) is 2.70. The van der Waals surface area contributed by atoms with Crippen molar-refractivity contribution in [3.8, 4) is 17.0 Å². The Morgan fingerprint density at radius 1 is 1.33 bits per heavy atom. The van der Waals surface area contributed by atoms with E-state index in [4.69, 9.17) is 0 Å². The lowest BCUT2D eigenvalue weighted by Crippen LogP contribution is -2.01. The summed E-state index contributed by atoms with van der Waals surface area (Å²) >= 11 is 0. The van der Waals surface area contributed by atoms with Gasteiger partial charge in [-0.2, -0.15) is 4.39 Å². The molecule has 0 saturated heterocycles. The van der Waals surface area contributed by atoms with Crippen molar-refractivity contribution in [2.45, 2.75) is 0 Å². The van der Waals surface area contributed by atoms with Crippen molar-refractivity contribution in [3.63, 3.8) is 0 Å². The molecule has 2 aromatic rings. The van der Waals surface area contributed by atoms with Gasteiger partial charge in [0, 0.05) is 12.6 Å². The summed E-state index contributed by atoms with van der Waals surface area (Å²) in [5, 5.41) is 0. The van der Waals surface area contributed by atoms with Crippen LogP contribution in [0.25, 0.3) is 11.3 Å². The Balaban J connectivity index is 2.61. The number of methoxy groups -OCH3 is 1. The SMILES string of the molecule is COc1ccc(-c2cnc(C=O)n2C)c(F)c1F. The van der Waals surface area contributed by atoms with E-state index >= 15 is 0 Å². The minimum atomic E-state index is -1.07. The van der Waals surface area contributed by atoms with Crippen molar-refractivity contribution in [2.75, 3.05) is 7.11 Å². The van der Waals surface area contributed by atoms with Crippen LogP contribution >= 0.6 is 0 Å². The van der Waals surface area contributed by atoms with E-state index in [9.17, 15) is 13.6 Å². The highest BCUT2D eigenvalue weighted by molar-refractivity contribution is 5.73. The molecule has 0 amide bonds. The highest BCUT2D eigenvalue weighted by Crippen LogP contribution is 2.29. The Bertz CT molecular complexity index is 608. The fourth-order valence-electron chi connectivity index (χ4n) is 1.67. The summed E-state index contributed by atoms with van der Waals surface area (Å²) in [7, 11) is 2.81. The van der Waals surface area contributed by atoms with Gasteiger partial charge in [0.2, 0.25) is 5.82 Å². The lowest BCUT2D eigenvalue weighted by Gasteiger charge is -2.08. The Morgan fingerprint density at radius 3 is 2.61 bits per heavy atom. The standard InChI is InChI=1S/C12H10F2N2O2/c1-16-8(5-15-10(16)6-17)7-3-4-9(18-2)12(14)11(7)13/h3-6H,1-2H3. The Morgan fingerprint density at radius 2 is 2.06 bits per heavy atom. The third-order valence-electron chi connectivity index (χ3n) is 2.67. The van der Waals surface area contributed by atoms with Crippen molar-refractivity contribution in [2.24, 2.45) is 7.05 Å². The van der Waals surface area contributed by atoms with Crippen LogP contribution in [0.1, 0.15) is 10.6 Å². The number of hydrogen-bond donors (Lipinski definition) is 0. The topological polar surface area (TPSA) is 44.1 Å². The van der Waals surface area contributed by atoms with E-state index in [1.165, 1.54) is 30.0 Å². The molecule has 2 rings (SSSR count). The third kappa shape index (κ3) is 1.75. The molecule has 94 valence electrons. The van der Waals surface area contributed by atoms with E-state index in [1.807, 2.05) is 0 Å². The first-order valence-electron chi connectivity index (χ1n) is 5.09. The average Bonchev–Trinajstić information content (AvgIpc) is 2.74. The Labute approximate surface area is 102 Å². The number of nitrogens with zero attached hydrogens (tertiary/aromatic N) is 2. The number of aromatic nitrogens is 2. The minimum Gasteiger partial charge on any atom is -0.494 e. The largest absolute Gasteiger partial charge is 0.494 e. The first kappa shape index (κ1) is 12.2. The highest BCUT2D eigenvalue weighted by atomic mass is 19.2. The lowest BCUT2D eigenvalue weighted by molar-refractivity contribution is 0.111. The molecule has 1 aromatic carbocycles. The van der Waals surface area contributed by atoms with Crippen molar-refractivity contribution < 1.29 is 18.3 Å². The first-order chi connectivity index (χ1) is 8.60. The molecule has 0 unspecified atom stereocenters.